The highest BCUT2D eigenvalue weighted by atomic mass is 79.9. The molecule has 0 aliphatic carbocycles. The average Bonchev–Trinajstić information content (AvgIpc) is 2.46. The van der Waals surface area contributed by atoms with Crippen LogP contribution in [0.4, 0.5) is 22.0 Å². The van der Waals surface area contributed by atoms with Gasteiger partial charge >= 0.3 is 6.18 Å². The number of benzene rings is 1. The van der Waals surface area contributed by atoms with Crippen molar-refractivity contribution < 1.29 is 31.3 Å². The summed E-state index contributed by atoms with van der Waals surface area (Å²) in [5.41, 5.74) is -2.77. The molecule has 3 nitrogen and oxygen atoms in total. The Balaban J connectivity index is 3.47. The van der Waals surface area contributed by atoms with E-state index in [4.69, 9.17) is 0 Å². The first-order valence-electron chi connectivity index (χ1n) is 7.19. The van der Waals surface area contributed by atoms with Crippen molar-refractivity contribution in [2.45, 2.75) is 49.8 Å². The molecule has 0 amide bonds. The largest absolute Gasteiger partial charge is 0.414 e. The summed E-state index contributed by atoms with van der Waals surface area (Å²) in [5, 5.41) is 9.42. The maximum atomic E-state index is 14.3. The predicted octanol–water partition coefficient (Wildman–Crippen LogP) is 4.12. The molecule has 2 N–H and O–H groups in total. The number of halogens is 6. The van der Waals surface area contributed by atoms with Gasteiger partial charge in [-0.2, -0.15) is 13.2 Å². The van der Waals surface area contributed by atoms with Crippen LogP contribution in [-0.2, 0) is 16.5 Å². The van der Waals surface area contributed by atoms with Crippen molar-refractivity contribution in [3.8, 4) is 0 Å². The Morgan fingerprint density at radius 2 is 1.84 bits per heavy atom. The van der Waals surface area contributed by atoms with Crippen LogP contribution in [0.5, 0.6) is 0 Å². The second kappa shape index (κ2) is 7.98. The summed E-state index contributed by atoms with van der Waals surface area (Å²) in [6, 6.07) is 3.35. The molecule has 0 aliphatic rings. The Morgan fingerprint density at radius 1 is 1.28 bits per heavy atom. The van der Waals surface area contributed by atoms with Crippen molar-refractivity contribution in [2.24, 2.45) is 0 Å². The summed E-state index contributed by atoms with van der Waals surface area (Å²) in [4.78, 5) is 0. The lowest BCUT2D eigenvalue weighted by Gasteiger charge is -2.36. The van der Waals surface area contributed by atoms with Gasteiger partial charge in [-0.05, 0) is 39.0 Å². The van der Waals surface area contributed by atoms with Crippen LogP contribution < -0.4 is 4.72 Å². The summed E-state index contributed by atoms with van der Waals surface area (Å²) in [6.45, 7) is 3.07. The van der Waals surface area contributed by atoms with E-state index in [1.807, 2.05) is 0 Å². The highest BCUT2D eigenvalue weighted by molar-refractivity contribution is 9.10. The van der Waals surface area contributed by atoms with Crippen LogP contribution in [-0.4, -0.2) is 33.0 Å². The fourth-order valence-corrected chi connectivity index (χ4v) is 3.27. The molecule has 3 unspecified atom stereocenters. The fourth-order valence-electron chi connectivity index (χ4n) is 2.00. The molecular weight excluding hydrogens is 433 g/mol. The number of rotatable bonds is 6. The van der Waals surface area contributed by atoms with Gasteiger partial charge in [-0.15, -0.1) is 0 Å². The summed E-state index contributed by atoms with van der Waals surface area (Å²) in [6.07, 6.45) is -9.19. The van der Waals surface area contributed by atoms with Crippen molar-refractivity contribution in [1.29, 1.82) is 0 Å². The second-order valence-corrected chi connectivity index (χ2v) is 9.47. The van der Waals surface area contributed by atoms with E-state index < -0.39 is 58.0 Å². The highest BCUT2D eigenvalue weighted by Gasteiger charge is 2.48. The highest BCUT2D eigenvalue weighted by Crippen LogP contribution is 2.36. The summed E-state index contributed by atoms with van der Waals surface area (Å²) >= 11 is 3.05. The molecule has 1 aromatic rings. The van der Waals surface area contributed by atoms with E-state index in [1.165, 1.54) is 26.8 Å². The molecule has 0 fully saturated rings. The fraction of sp³-hybridized carbons (Fsp3) is 0.600. The van der Waals surface area contributed by atoms with Crippen molar-refractivity contribution in [3.63, 3.8) is 0 Å². The van der Waals surface area contributed by atoms with Gasteiger partial charge in [-0.1, -0.05) is 15.9 Å². The van der Waals surface area contributed by atoms with Gasteiger partial charge in [0.05, 0.1) is 21.3 Å². The molecule has 0 spiro atoms. The van der Waals surface area contributed by atoms with Crippen LogP contribution in [0.2, 0.25) is 0 Å². The third kappa shape index (κ3) is 5.70. The maximum Gasteiger partial charge on any atom is 0.414 e. The summed E-state index contributed by atoms with van der Waals surface area (Å²) in [5.74, 6) is -0.978. The van der Waals surface area contributed by atoms with Gasteiger partial charge in [0.2, 0.25) is 0 Å². The minimum Gasteiger partial charge on any atom is -0.384 e. The van der Waals surface area contributed by atoms with Gasteiger partial charge in [0.25, 0.3) is 0 Å². The quantitative estimate of drug-likeness (QED) is 0.639. The number of nitrogens with one attached hydrogen (secondary N) is 1. The van der Waals surface area contributed by atoms with Gasteiger partial charge in [0, 0.05) is 16.5 Å². The number of aliphatic hydroxyl groups is 1. The van der Waals surface area contributed by atoms with Crippen LogP contribution in [0.1, 0.15) is 32.8 Å². The van der Waals surface area contributed by atoms with Gasteiger partial charge in [0.15, 0.2) is 6.10 Å². The van der Waals surface area contributed by atoms with Crippen molar-refractivity contribution in [1.82, 2.24) is 4.72 Å². The van der Waals surface area contributed by atoms with E-state index in [0.29, 0.717) is 4.47 Å². The van der Waals surface area contributed by atoms with Crippen LogP contribution in [0, 0.1) is 5.82 Å². The van der Waals surface area contributed by atoms with E-state index >= 15 is 0 Å². The lowest BCUT2D eigenvalue weighted by molar-refractivity contribution is -0.210. The lowest BCUT2D eigenvalue weighted by Crippen LogP contribution is -2.53. The van der Waals surface area contributed by atoms with Crippen LogP contribution >= 0.6 is 15.9 Å². The predicted molar refractivity (Wildman–Crippen MR) is 89.5 cm³/mol. The molecule has 0 bridgehead atoms. The molecule has 0 heterocycles. The topological polar surface area (TPSA) is 49.3 Å². The smallest absolute Gasteiger partial charge is 0.384 e. The number of aliphatic hydroxyl groups excluding tert-OH is 1. The molecule has 10 heteroatoms. The van der Waals surface area contributed by atoms with Crippen molar-refractivity contribution in [3.05, 3.63) is 34.1 Å². The minimum atomic E-state index is -5.03. The zero-order valence-electron chi connectivity index (χ0n) is 13.8. The second-order valence-electron chi connectivity index (χ2n) is 6.58. The molecule has 0 saturated heterocycles. The Hall–Kier alpha value is -0.580. The van der Waals surface area contributed by atoms with Gasteiger partial charge in [0.1, 0.15) is 12.5 Å². The third-order valence-electron chi connectivity index (χ3n) is 3.44. The monoisotopic (exact) mass is 451 g/mol. The molecule has 0 saturated carbocycles. The summed E-state index contributed by atoms with van der Waals surface area (Å²) < 4.78 is 80.6. The van der Waals surface area contributed by atoms with E-state index in [1.54, 1.807) is 0 Å². The molecule has 144 valence electrons. The Labute approximate surface area is 153 Å². The standard InChI is InChI=1S/C15H19BrF5NO2S/c1-13(2,3)25(24)22-14(8-17,7-12(23)15(19,20)21)10-6-9(16)4-5-11(10)18/h4-6,12,22-23H,7-8H2,1-3H3. The van der Waals surface area contributed by atoms with E-state index in [0.717, 1.165) is 12.1 Å². The van der Waals surface area contributed by atoms with Crippen molar-refractivity contribution in [2.75, 3.05) is 6.67 Å². The van der Waals surface area contributed by atoms with E-state index in [9.17, 15) is 31.3 Å². The minimum absolute atomic E-state index is 0.298. The van der Waals surface area contributed by atoms with Crippen LogP contribution in [0.25, 0.3) is 0 Å². The first-order chi connectivity index (χ1) is 11.2. The average molecular weight is 452 g/mol. The van der Waals surface area contributed by atoms with Gasteiger partial charge < -0.3 is 5.11 Å². The zero-order valence-corrected chi connectivity index (χ0v) is 16.2. The Kier molecular flexibility index (Phi) is 7.17. The first-order valence-corrected chi connectivity index (χ1v) is 9.13. The Morgan fingerprint density at radius 3 is 2.28 bits per heavy atom. The van der Waals surface area contributed by atoms with Crippen molar-refractivity contribution >= 4 is 26.9 Å². The number of hydrogen-bond donors (Lipinski definition) is 2. The van der Waals surface area contributed by atoms with E-state index in [2.05, 4.69) is 20.7 Å². The molecule has 0 radical (unpaired) electrons. The third-order valence-corrected chi connectivity index (χ3v) is 5.62. The zero-order chi connectivity index (χ0) is 19.6. The molecule has 1 rings (SSSR count). The van der Waals surface area contributed by atoms with Gasteiger partial charge in [-0.3, -0.25) is 0 Å². The normalized spacial score (nSPS) is 17.8. The molecule has 1 aromatic carbocycles. The van der Waals surface area contributed by atoms with E-state index in [-0.39, 0.29) is 0 Å². The number of alkyl halides is 4. The molecule has 0 aliphatic heterocycles. The Bertz CT molecular complexity index is 635. The first kappa shape index (κ1) is 22.5. The maximum absolute atomic E-state index is 14.3. The molecule has 0 aromatic heterocycles. The molecule has 3 atom stereocenters. The van der Waals surface area contributed by atoms with Crippen LogP contribution in [0.15, 0.2) is 22.7 Å². The SMILES string of the molecule is CC(C)(C)S(=O)NC(CF)(CC(O)C(F)(F)F)c1cc(Br)ccc1F. The molecule has 25 heavy (non-hydrogen) atoms. The van der Waals surface area contributed by atoms with Crippen LogP contribution in [0.3, 0.4) is 0 Å². The lowest BCUT2D eigenvalue weighted by atomic mass is 9.86. The summed E-state index contributed by atoms with van der Waals surface area (Å²) in [7, 11) is -2.02. The number of hydrogen-bond acceptors (Lipinski definition) is 2. The van der Waals surface area contributed by atoms with Gasteiger partial charge in [-0.25, -0.2) is 17.7 Å². The molecular formula is C15H19BrF5NO2S.